The van der Waals surface area contributed by atoms with E-state index in [9.17, 15) is 23.5 Å². The minimum atomic E-state index is -4.08. The molecular weight excluding hydrogens is 500 g/mol. The lowest BCUT2D eigenvalue weighted by atomic mass is 9.85. The molecule has 0 saturated carbocycles. The topological polar surface area (TPSA) is 154 Å². The van der Waals surface area contributed by atoms with Gasteiger partial charge in [0.1, 0.15) is 11.7 Å². The van der Waals surface area contributed by atoms with E-state index in [1.165, 1.54) is 7.05 Å². The van der Waals surface area contributed by atoms with E-state index in [1.807, 2.05) is 6.07 Å². The number of hydrogen-bond donors (Lipinski definition) is 1. The van der Waals surface area contributed by atoms with Crippen LogP contribution >= 0.6 is 0 Å². The number of carbonyl (C=O) groups excluding carboxylic acids is 2. The van der Waals surface area contributed by atoms with E-state index in [1.54, 1.807) is 58.0 Å². The summed E-state index contributed by atoms with van der Waals surface area (Å²) in [7, 11) is -2.72. The van der Waals surface area contributed by atoms with Gasteiger partial charge in [0.25, 0.3) is 10.2 Å². The standard InChI is InChI=1S/C24H36N6O6S/c1-7-11-20-16-30(37(33,34)29(6)15-14-26-22(32)36-23(3,4)5)17-24(20,27-28-25)21(31)35-18(2)19-12-9-8-10-13-19/h7-10,12-13,18,20H,1,11,14-17H2,2-6H3,(H,26,32)/t18-,20+,24+/m1/s1. The number of benzene rings is 1. The van der Waals surface area contributed by atoms with Gasteiger partial charge in [-0.05, 0) is 51.1 Å². The molecule has 1 fully saturated rings. The van der Waals surface area contributed by atoms with Crippen molar-refractivity contribution in [3.63, 3.8) is 0 Å². The highest BCUT2D eigenvalue weighted by Crippen LogP contribution is 2.38. The van der Waals surface area contributed by atoms with E-state index in [0.717, 1.165) is 14.2 Å². The molecule has 0 spiro atoms. The van der Waals surface area contributed by atoms with E-state index in [4.69, 9.17) is 9.47 Å². The Morgan fingerprint density at radius 2 is 2.03 bits per heavy atom. The molecule has 12 nitrogen and oxygen atoms in total. The lowest BCUT2D eigenvalue weighted by Crippen LogP contribution is -2.48. The molecule has 13 heteroatoms. The first-order valence-corrected chi connectivity index (χ1v) is 13.3. The molecule has 1 aromatic carbocycles. The predicted octanol–water partition coefficient (Wildman–Crippen LogP) is 3.55. The maximum absolute atomic E-state index is 13.4. The van der Waals surface area contributed by atoms with Gasteiger partial charge in [0.05, 0.1) is 0 Å². The zero-order valence-electron chi connectivity index (χ0n) is 22.0. The van der Waals surface area contributed by atoms with Crippen molar-refractivity contribution in [2.75, 3.05) is 33.2 Å². The largest absolute Gasteiger partial charge is 0.457 e. The summed E-state index contributed by atoms with van der Waals surface area (Å²) >= 11 is 0. The smallest absolute Gasteiger partial charge is 0.407 e. The van der Waals surface area contributed by atoms with Gasteiger partial charge in [0, 0.05) is 38.1 Å². The predicted molar refractivity (Wildman–Crippen MR) is 138 cm³/mol. The summed E-state index contributed by atoms with van der Waals surface area (Å²) in [4.78, 5) is 28.2. The van der Waals surface area contributed by atoms with Gasteiger partial charge in [-0.1, -0.05) is 41.5 Å². The fraction of sp³-hybridized carbons (Fsp3) is 0.583. The second kappa shape index (κ2) is 12.4. The average Bonchev–Trinajstić information content (AvgIpc) is 3.19. The molecule has 1 amide bonds. The Bertz CT molecular complexity index is 1120. The number of allylic oxidation sites excluding steroid dienone is 1. The van der Waals surface area contributed by atoms with E-state index >= 15 is 0 Å². The molecule has 1 aliphatic heterocycles. The Morgan fingerprint density at radius 1 is 1.38 bits per heavy atom. The van der Waals surface area contributed by atoms with Crippen LogP contribution in [0.2, 0.25) is 0 Å². The molecule has 1 heterocycles. The third kappa shape index (κ3) is 7.68. The highest BCUT2D eigenvalue weighted by Gasteiger charge is 2.56. The number of ether oxygens (including phenoxy) is 2. The quantitative estimate of drug-likeness (QED) is 0.150. The number of azide groups is 1. The maximum Gasteiger partial charge on any atom is 0.407 e. The van der Waals surface area contributed by atoms with Crippen LogP contribution in [0.1, 0.15) is 45.8 Å². The molecule has 2 rings (SSSR count). The van der Waals surface area contributed by atoms with Gasteiger partial charge in [0.2, 0.25) is 0 Å². The van der Waals surface area contributed by atoms with Crippen molar-refractivity contribution in [3.8, 4) is 0 Å². The molecule has 0 radical (unpaired) electrons. The molecule has 3 atom stereocenters. The number of amides is 1. The van der Waals surface area contributed by atoms with Gasteiger partial charge in [-0.15, -0.1) is 6.58 Å². The highest BCUT2D eigenvalue weighted by atomic mass is 32.2. The summed E-state index contributed by atoms with van der Waals surface area (Å²) in [6.07, 6.45) is 0.466. The van der Waals surface area contributed by atoms with Crippen molar-refractivity contribution < 1.29 is 27.5 Å². The van der Waals surface area contributed by atoms with Gasteiger partial charge in [-0.2, -0.15) is 17.0 Å². The first-order chi connectivity index (χ1) is 17.3. The Hall–Kier alpha value is -3.12. The first kappa shape index (κ1) is 30.1. The molecule has 0 aromatic heterocycles. The molecule has 204 valence electrons. The van der Waals surface area contributed by atoms with Crippen LogP contribution in [0.25, 0.3) is 10.4 Å². The minimum absolute atomic E-state index is 0.00664. The number of alkyl carbamates (subject to hydrolysis) is 1. The molecule has 37 heavy (non-hydrogen) atoms. The Morgan fingerprint density at radius 3 is 2.59 bits per heavy atom. The molecular formula is C24H36N6O6S. The van der Waals surface area contributed by atoms with Gasteiger partial charge >= 0.3 is 12.1 Å². The van der Waals surface area contributed by atoms with E-state index in [2.05, 4.69) is 21.9 Å². The molecule has 1 aliphatic rings. The fourth-order valence-corrected chi connectivity index (χ4v) is 5.41. The summed E-state index contributed by atoms with van der Waals surface area (Å²) in [5, 5.41) is 6.32. The number of nitrogens with zero attached hydrogens (tertiary/aromatic N) is 5. The monoisotopic (exact) mass is 536 g/mol. The van der Waals surface area contributed by atoms with Crippen molar-refractivity contribution in [1.29, 1.82) is 0 Å². The second-order valence-electron chi connectivity index (χ2n) is 9.84. The van der Waals surface area contributed by atoms with Gasteiger partial charge < -0.3 is 14.8 Å². The summed E-state index contributed by atoms with van der Waals surface area (Å²) in [6.45, 7) is 10.0. The molecule has 0 aliphatic carbocycles. The summed E-state index contributed by atoms with van der Waals surface area (Å²) in [5.74, 6) is -1.49. The zero-order valence-corrected chi connectivity index (χ0v) is 22.8. The molecule has 1 saturated heterocycles. The number of esters is 1. The van der Waals surface area contributed by atoms with Crippen LogP contribution in [-0.2, 0) is 24.5 Å². The minimum Gasteiger partial charge on any atom is -0.457 e. The number of nitrogens with one attached hydrogen (secondary N) is 1. The van der Waals surface area contributed by atoms with Gasteiger partial charge in [0.15, 0.2) is 5.54 Å². The summed E-state index contributed by atoms with van der Waals surface area (Å²) in [6, 6.07) is 9.04. The average molecular weight is 537 g/mol. The zero-order chi connectivity index (χ0) is 27.9. The summed E-state index contributed by atoms with van der Waals surface area (Å²) < 4.78 is 39.7. The SMILES string of the molecule is C=CC[C@H]1CN(S(=O)(=O)N(C)CCNC(=O)OC(C)(C)C)C[C@@]1(N=[N+]=[N-])C(=O)O[C@H](C)c1ccccc1. The maximum atomic E-state index is 13.4. The van der Waals surface area contributed by atoms with Gasteiger partial charge in [-0.25, -0.2) is 4.79 Å². The molecule has 1 aromatic rings. The van der Waals surface area contributed by atoms with Crippen molar-refractivity contribution in [2.45, 2.75) is 51.4 Å². The highest BCUT2D eigenvalue weighted by molar-refractivity contribution is 7.86. The van der Waals surface area contributed by atoms with Crippen LogP contribution in [0.4, 0.5) is 4.79 Å². The number of likely N-dealkylation sites (N-methyl/N-ethyl adjacent to an activating group) is 1. The first-order valence-electron chi connectivity index (χ1n) is 11.9. The molecule has 0 unspecified atom stereocenters. The van der Waals surface area contributed by atoms with Crippen molar-refractivity contribution >= 4 is 22.3 Å². The van der Waals surface area contributed by atoms with Gasteiger partial charge in [-0.3, -0.25) is 4.79 Å². The van der Waals surface area contributed by atoms with Crippen LogP contribution in [0.3, 0.4) is 0 Å². The number of rotatable bonds is 11. The fourth-order valence-electron chi connectivity index (χ4n) is 3.97. The Balaban J connectivity index is 2.20. The Kier molecular flexibility index (Phi) is 10.1. The van der Waals surface area contributed by atoms with Crippen molar-refractivity contribution in [3.05, 3.63) is 59.0 Å². The van der Waals surface area contributed by atoms with Crippen LogP contribution in [0, 0.1) is 5.92 Å². The van der Waals surface area contributed by atoms with Crippen LogP contribution in [0.15, 0.2) is 48.1 Å². The van der Waals surface area contributed by atoms with E-state index in [-0.39, 0.29) is 32.6 Å². The summed E-state index contributed by atoms with van der Waals surface area (Å²) in [5.41, 5.74) is 7.61. The molecule has 0 bridgehead atoms. The third-order valence-electron chi connectivity index (χ3n) is 5.91. The van der Waals surface area contributed by atoms with Crippen LogP contribution in [-0.4, -0.2) is 73.5 Å². The van der Waals surface area contributed by atoms with Crippen molar-refractivity contribution in [2.24, 2.45) is 11.0 Å². The lowest BCUT2D eigenvalue weighted by molar-refractivity contribution is -0.156. The lowest BCUT2D eigenvalue weighted by Gasteiger charge is -2.29. The van der Waals surface area contributed by atoms with Crippen LogP contribution in [0.5, 0.6) is 0 Å². The second-order valence-corrected chi connectivity index (χ2v) is 11.9. The molecule has 1 N–H and O–H groups in total. The number of carbonyl (C=O) groups is 2. The number of hydrogen-bond acceptors (Lipinski definition) is 7. The third-order valence-corrected chi connectivity index (χ3v) is 7.81. The normalized spacial score (nSPS) is 21.1. The van der Waals surface area contributed by atoms with Crippen LogP contribution < -0.4 is 5.32 Å². The van der Waals surface area contributed by atoms with E-state index < -0.39 is 45.4 Å². The van der Waals surface area contributed by atoms with E-state index in [0.29, 0.717) is 0 Å². The Labute approximate surface area is 218 Å². The van der Waals surface area contributed by atoms with Crippen molar-refractivity contribution in [1.82, 2.24) is 13.9 Å².